The van der Waals surface area contributed by atoms with Crippen LogP contribution in [0.4, 0.5) is 28.4 Å². The highest BCUT2D eigenvalue weighted by Crippen LogP contribution is 2.55. The average molecular weight is 606 g/mol. The lowest BCUT2D eigenvalue weighted by Crippen LogP contribution is -2.45. The van der Waals surface area contributed by atoms with Crippen molar-refractivity contribution >= 4 is 75.2 Å². The molecule has 0 saturated carbocycles. The summed E-state index contributed by atoms with van der Waals surface area (Å²) in [4.78, 5) is 14.8. The fourth-order valence-corrected chi connectivity index (χ4v) is 8.23. The normalized spacial score (nSPS) is 16.8. The van der Waals surface area contributed by atoms with Crippen LogP contribution >= 0.6 is 46.7 Å². The van der Waals surface area contributed by atoms with Gasteiger partial charge in [-0.1, -0.05) is 58.9 Å². The van der Waals surface area contributed by atoms with E-state index in [9.17, 15) is 0 Å². The Morgan fingerprint density at radius 1 is 0.625 bits per heavy atom. The molecule has 3 aliphatic heterocycles. The van der Waals surface area contributed by atoms with Gasteiger partial charge in [0.2, 0.25) is 0 Å². The van der Waals surface area contributed by atoms with Crippen LogP contribution in [-0.2, 0) is 0 Å². The van der Waals surface area contributed by atoms with E-state index in [1.54, 1.807) is 11.8 Å². The second-order valence-corrected chi connectivity index (χ2v) is 13.6. The van der Waals surface area contributed by atoms with E-state index in [1.165, 1.54) is 36.6 Å². The second-order valence-electron chi connectivity index (χ2n) is 10.5. The quantitative estimate of drug-likeness (QED) is 0.197. The molecule has 0 bridgehead atoms. The maximum Gasteiger partial charge on any atom is 0.0616 e. The number of fused-ring (bicyclic) bond motifs is 4. The van der Waals surface area contributed by atoms with Gasteiger partial charge in [0.1, 0.15) is 0 Å². The van der Waals surface area contributed by atoms with Gasteiger partial charge in [-0.2, -0.15) is 0 Å². The number of hydrogen-bond donors (Lipinski definition) is 0. The molecule has 7 rings (SSSR count). The molecule has 3 aliphatic rings. The summed E-state index contributed by atoms with van der Waals surface area (Å²) >= 11 is 16.6. The van der Waals surface area contributed by atoms with E-state index >= 15 is 0 Å². The Kier molecular flexibility index (Phi) is 7.41. The molecule has 40 heavy (non-hydrogen) atoms. The van der Waals surface area contributed by atoms with Crippen molar-refractivity contribution in [3.05, 3.63) is 88.9 Å². The van der Waals surface area contributed by atoms with E-state index in [2.05, 4.69) is 93.4 Å². The van der Waals surface area contributed by atoms with Gasteiger partial charge in [-0.15, -0.1) is 0 Å². The van der Waals surface area contributed by atoms with Crippen molar-refractivity contribution in [1.82, 2.24) is 9.80 Å². The van der Waals surface area contributed by atoms with Crippen LogP contribution in [0.15, 0.2) is 98.4 Å². The van der Waals surface area contributed by atoms with E-state index in [4.69, 9.17) is 23.2 Å². The number of likely N-dealkylation sites (N-methyl/N-ethyl adjacent to an activating group) is 1. The summed E-state index contributed by atoms with van der Waals surface area (Å²) in [6, 6.07) is 27.9. The number of piperazine rings is 1. The summed E-state index contributed by atoms with van der Waals surface area (Å²) in [6.07, 6.45) is 1.10. The summed E-state index contributed by atoms with van der Waals surface area (Å²) in [5, 5.41) is 1.52. The number of benzene rings is 4. The minimum absolute atomic E-state index is 0.744. The SMILES string of the molecule is CN1CCN(CCCN2c3ccc(N4c5ccccc5Sc5ccc(Cl)cc54)cc3Sc3ccc(Cl)cc32)CC1. The van der Waals surface area contributed by atoms with Gasteiger partial charge >= 0.3 is 0 Å². The molecule has 3 heterocycles. The smallest absolute Gasteiger partial charge is 0.0616 e. The van der Waals surface area contributed by atoms with Crippen molar-refractivity contribution < 1.29 is 0 Å². The molecular weight excluding hydrogens is 575 g/mol. The maximum absolute atomic E-state index is 6.51. The topological polar surface area (TPSA) is 13.0 Å². The van der Waals surface area contributed by atoms with Gasteiger partial charge < -0.3 is 19.6 Å². The van der Waals surface area contributed by atoms with E-state index in [-0.39, 0.29) is 0 Å². The van der Waals surface area contributed by atoms with Crippen molar-refractivity contribution in [3.63, 3.8) is 0 Å². The maximum atomic E-state index is 6.51. The zero-order valence-corrected chi connectivity index (χ0v) is 25.5. The van der Waals surface area contributed by atoms with Crippen LogP contribution < -0.4 is 9.80 Å². The summed E-state index contributed by atoms with van der Waals surface area (Å²) in [6.45, 7) is 6.66. The van der Waals surface area contributed by atoms with Crippen molar-refractivity contribution in [2.45, 2.75) is 26.0 Å². The van der Waals surface area contributed by atoms with Crippen molar-refractivity contribution in [1.29, 1.82) is 0 Å². The highest BCUT2D eigenvalue weighted by molar-refractivity contribution is 8.00. The monoisotopic (exact) mass is 604 g/mol. The Morgan fingerprint density at radius 3 is 2.10 bits per heavy atom. The predicted octanol–water partition coefficient (Wildman–Crippen LogP) is 9.17. The van der Waals surface area contributed by atoms with Crippen LogP contribution in [0, 0.1) is 0 Å². The largest absolute Gasteiger partial charge is 0.340 e. The van der Waals surface area contributed by atoms with Crippen LogP contribution in [0.2, 0.25) is 10.0 Å². The Balaban J connectivity index is 1.24. The molecule has 0 aromatic heterocycles. The molecule has 0 spiro atoms. The van der Waals surface area contributed by atoms with Gasteiger partial charge in [0, 0.05) is 68.0 Å². The summed E-state index contributed by atoms with van der Waals surface area (Å²) in [5.41, 5.74) is 5.88. The first-order valence-corrected chi connectivity index (χ1v) is 16.1. The highest BCUT2D eigenvalue weighted by Gasteiger charge is 2.28. The zero-order chi connectivity index (χ0) is 27.2. The van der Waals surface area contributed by atoms with Gasteiger partial charge in [-0.05, 0) is 86.7 Å². The molecule has 0 unspecified atom stereocenters. The molecule has 1 fully saturated rings. The summed E-state index contributed by atoms with van der Waals surface area (Å²) in [5.74, 6) is 0. The second kappa shape index (κ2) is 11.2. The van der Waals surface area contributed by atoms with E-state index in [0.717, 1.165) is 67.1 Å². The van der Waals surface area contributed by atoms with Gasteiger partial charge in [0.05, 0.1) is 22.7 Å². The molecule has 0 aliphatic carbocycles. The standard InChI is InChI=1S/C32H30Cl2N4S2/c1-35-15-17-36(18-16-35)13-4-14-37-25-10-9-24(21-32(25)40-30-11-7-22(33)19-27(30)37)38-26-5-2-3-6-29(26)39-31-12-8-23(34)20-28(31)38/h2-3,5-12,19-21H,4,13-18H2,1H3. The summed E-state index contributed by atoms with van der Waals surface area (Å²) < 4.78 is 0. The Hall–Kier alpha value is -2.32. The van der Waals surface area contributed by atoms with Crippen LogP contribution in [0.1, 0.15) is 6.42 Å². The van der Waals surface area contributed by atoms with Crippen molar-refractivity contribution in [2.24, 2.45) is 0 Å². The number of nitrogens with zero attached hydrogens (tertiary/aromatic N) is 4. The van der Waals surface area contributed by atoms with E-state index in [1.807, 2.05) is 23.9 Å². The first kappa shape index (κ1) is 26.6. The van der Waals surface area contributed by atoms with Gasteiger partial charge in [-0.25, -0.2) is 0 Å². The Bertz CT molecular complexity index is 1570. The Morgan fingerprint density at radius 2 is 1.30 bits per heavy atom. The van der Waals surface area contributed by atoms with Crippen molar-refractivity contribution in [2.75, 3.05) is 56.1 Å². The number of para-hydroxylation sites is 1. The molecule has 4 nitrogen and oxygen atoms in total. The van der Waals surface area contributed by atoms with Crippen LogP contribution in [-0.4, -0.2) is 56.1 Å². The van der Waals surface area contributed by atoms with Crippen LogP contribution in [0.3, 0.4) is 0 Å². The minimum Gasteiger partial charge on any atom is -0.340 e. The molecule has 0 N–H and O–H groups in total. The Labute approximate surface area is 254 Å². The molecule has 4 aromatic carbocycles. The molecule has 204 valence electrons. The van der Waals surface area contributed by atoms with E-state index in [0.29, 0.717) is 0 Å². The first-order chi connectivity index (χ1) is 19.5. The molecule has 1 saturated heterocycles. The lowest BCUT2D eigenvalue weighted by Gasteiger charge is -2.37. The third-order valence-corrected chi connectivity index (χ3v) is 10.6. The number of hydrogen-bond acceptors (Lipinski definition) is 6. The number of rotatable bonds is 5. The van der Waals surface area contributed by atoms with E-state index < -0.39 is 0 Å². The molecule has 4 aromatic rings. The molecule has 0 radical (unpaired) electrons. The van der Waals surface area contributed by atoms with Gasteiger partial charge in [0.25, 0.3) is 0 Å². The lowest BCUT2D eigenvalue weighted by molar-refractivity contribution is 0.153. The molecule has 0 atom stereocenters. The average Bonchev–Trinajstić information content (AvgIpc) is 2.96. The zero-order valence-electron chi connectivity index (χ0n) is 22.3. The van der Waals surface area contributed by atoms with Gasteiger partial charge in [0.15, 0.2) is 0 Å². The third-order valence-electron chi connectivity index (χ3n) is 7.86. The minimum atomic E-state index is 0.744. The molecule has 8 heteroatoms. The first-order valence-electron chi connectivity index (χ1n) is 13.7. The van der Waals surface area contributed by atoms with Crippen molar-refractivity contribution in [3.8, 4) is 0 Å². The van der Waals surface area contributed by atoms with Crippen LogP contribution in [0.5, 0.6) is 0 Å². The fourth-order valence-electron chi connectivity index (χ4n) is 5.75. The predicted molar refractivity (Wildman–Crippen MR) is 171 cm³/mol. The lowest BCUT2D eigenvalue weighted by atomic mass is 10.1. The van der Waals surface area contributed by atoms with Crippen LogP contribution in [0.25, 0.3) is 0 Å². The number of anilines is 5. The highest BCUT2D eigenvalue weighted by atomic mass is 35.5. The molecular formula is C32H30Cl2N4S2. The fraction of sp³-hybridized carbons (Fsp3) is 0.250. The third kappa shape index (κ3) is 5.11. The van der Waals surface area contributed by atoms with Gasteiger partial charge in [-0.3, -0.25) is 0 Å². The summed E-state index contributed by atoms with van der Waals surface area (Å²) in [7, 11) is 2.21. The molecule has 0 amide bonds. The number of halogens is 2.